The molecule has 0 saturated carbocycles. The van der Waals surface area contributed by atoms with Gasteiger partial charge in [-0.25, -0.2) is 0 Å². The Labute approximate surface area is 197 Å². The van der Waals surface area contributed by atoms with Crippen LogP contribution >= 0.6 is 0 Å². The molecule has 0 amide bonds. The minimum Gasteiger partial charge on any atom is -0.461 e. The maximum Gasteiger partial charge on any atom is 0.313 e. The summed E-state index contributed by atoms with van der Waals surface area (Å²) in [6.45, 7) is 5.07. The van der Waals surface area contributed by atoms with E-state index in [0.717, 1.165) is 32.1 Å². The van der Waals surface area contributed by atoms with Crippen LogP contribution in [0.5, 0.6) is 0 Å². The Bertz CT molecular complexity index is 625. The summed E-state index contributed by atoms with van der Waals surface area (Å²) in [5.74, 6) is -0.0323. The molecule has 0 aliphatic carbocycles. The number of benzene rings is 1. The molecule has 1 aliphatic rings. The van der Waals surface area contributed by atoms with Gasteiger partial charge in [0.2, 0.25) is 0 Å². The maximum absolute atomic E-state index is 12.0. The molecule has 0 bridgehead atoms. The summed E-state index contributed by atoms with van der Waals surface area (Å²) in [5, 5.41) is 0. The predicted molar refractivity (Wildman–Crippen MR) is 134 cm³/mol. The number of rotatable bonds is 19. The molecule has 3 heteroatoms. The summed E-state index contributed by atoms with van der Waals surface area (Å²) in [5.41, 5.74) is 1.20. The lowest BCUT2D eigenvalue weighted by molar-refractivity contribution is -0.188. The molecule has 0 unspecified atom stereocenters. The van der Waals surface area contributed by atoms with E-state index in [9.17, 15) is 4.79 Å². The van der Waals surface area contributed by atoms with Crippen molar-refractivity contribution in [3.63, 3.8) is 0 Å². The van der Waals surface area contributed by atoms with Crippen LogP contribution in [0.25, 0.3) is 0 Å². The van der Waals surface area contributed by atoms with Crippen molar-refractivity contribution in [1.29, 1.82) is 0 Å². The van der Waals surface area contributed by atoms with Gasteiger partial charge in [0.1, 0.15) is 6.10 Å². The molecule has 1 aromatic rings. The molecule has 0 radical (unpaired) electrons. The smallest absolute Gasteiger partial charge is 0.313 e. The number of unbranched alkanes of at least 4 members (excludes halogenated alkanes) is 9. The molecule has 0 N–H and O–H groups in total. The fraction of sp³-hybridized carbons (Fsp3) is 0.690. The Morgan fingerprint density at radius 2 is 1.59 bits per heavy atom. The lowest BCUT2D eigenvalue weighted by atomic mass is 9.88. The standard InChI is InChI=1S/C29H46O3/c1-3-5-7-9-10-11-12-13-17-21-26(31-24-25-19-15-14-16-20-25)23-28-27(29(30)32-28)22-18-8-6-4-2/h8,14-16,18-20,26-28H,3-7,9-13,17,21-24H2,1-2H3/b18-8+/t26-,27-,28-/m0/s1. The van der Waals surface area contributed by atoms with Gasteiger partial charge in [-0.2, -0.15) is 0 Å². The monoisotopic (exact) mass is 442 g/mol. The number of hydrogen-bond donors (Lipinski definition) is 0. The maximum atomic E-state index is 12.0. The van der Waals surface area contributed by atoms with Crippen LogP contribution in [0.1, 0.15) is 109 Å². The van der Waals surface area contributed by atoms with Crippen molar-refractivity contribution in [3.05, 3.63) is 48.0 Å². The first kappa shape index (κ1) is 26.6. The van der Waals surface area contributed by atoms with E-state index in [1.165, 1.54) is 63.4 Å². The van der Waals surface area contributed by atoms with Crippen molar-refractivity contribution in [1.82, 2.24) is 0 Å². The van der Waals surface area contributed by atoms with Gasteiger partial charge in [-0.05, 0) is 24.8 Å². The van der Waals surface area contributed by atoms with E-state index >= 15 is 0 Å². The quantitative estimate of drug-likeness (QED) is 0.123. The first-order chi connectivity index (χ1) is 15.7. The van der Waals surface area contributed by atoms with Crippen molar-refractivity contribution in [2.75, 3.05) is 0 Å². The van der Waals surface area contributed by atoms with Crippen molar-refractivity contribution < 1.29 is 14.3 Å². The zero-order valence-electron chi connectivity index (χ0n) is 20.6. The molecule has 1 heterocycles. The molecule has 3 nitrogen and oxygen atoms in total. The average molecular weight is 443 g/mol. The van der Waals surface area contributed by atoms with E-state index in [1.807, 2.05) is 6.07 Å². The molecule has 0 spiro atoms. The highest BCUT2D eigenvalue weighted by Gasteiger charge is 2.42. The van der Waals surface area contributed by atoms with Crippen LogP contribution in [0.4, 0.5) is 0 Å². The lowest BCUT2D eigenvalue weighted by Gasteiger charge is -2.36. The number of carbonyl (C=O) groups excluding carboxylic acids is 1. The number of hydrogen-bond acceptors (Lipinski definition) is 3. The van der Waals surface area contributed by atoms with Crippen LogP contribution in [0.15, 0.2) is 42.5 Å². The van der Waals surface area contributed by atoms with Crippen LogP contribution in [0, 0.1) is 5.92 Å². The number of carbonyl (C=O) groups is 1. The van der Waals surface area contributed by atoms with Crippen molar-refractivity contribution in [3.8, 4) is 0 Å². The Balaban J connectivity index is 1.74. The van der Waals surface area contributed by atoms with Gasteiger partial charge in [0.25, 0.3) is 0 Å². The van der Waals surface area contributed by atoms with Gasteiger partial charge in [0.05, 0.1) is 18.6 Å². The second kappa shape index (κ2) is 16.9. The zero-order valence-corrected chi connectivity index (χ0v) is 20.6. The molecule has 2 rings (SSSR count). The van der Waals surface area contributed by atoms with E-state index < -0.39 is 0 Å². The third kappa shape index (κ3) is 10.8. The zero-order chi connectivity index (χ0) is 22.9. The molecule has 180 valence electrons. The highest BCUT2D eigenvalue weighted by molar-refractivity contribution is 5.78. The van der Waals surface area contributed by atoms with Crippen LogP contribution in [0.3, 0.4) is 0 Å². The SMILES string of the molecule is CCC/C=C/C[C@@H]1C(=O)O[C@H]1C[C@H](CCCCCCCCCCC)OCc1ccccc1. The number of allylic oxidation sites excluding steroid dienone is 2. The Hall–Kier alpha value is -1.61. The van der Waals surface area contributed by atoms with Crippen molar-refractivity contribution in [2.24, 2.45) is 5.92 Å². The Kier molecular flexibility index (Phi) is 14.1. The van der Waals surface area contributed by atoms with E-state index in [1.54, 1.807) is 0 Å². The normalized spacial score (nSPS) is 19.1. The lowest BCUT2D eigenvalue weighted by Crippen LogP contribution is -2.46. The second-order valence-electron chi connectivity index (χ2n) is 9.35. The summed E-state index contributed by atoms with van der Waals surface area (Å²) in [6.07, 6.45) is 21.4. The summed E-state index contributed by atoms with van der Waals surface area (Å²) < 4.78 is 11.9. The van der Waals surface area contributed by atoms with Gasteiger partial charge < -0.3 is 9.47 Å². The van der Waals surface area contributed by atoms with Crippen LogP contribution in [-0.2, 0) is 20.9 Å². The van der Waals surface area contributed by atoms with Gasteiger partial charge in [-0.1, -0.05) is 121 Å². The molecule has 1 fully saturated rings. The fourth-order valence-corrected chi connectivity index (χ4v) is 4.39. The summed E-state index contributed by atoms with van der Waals surface area (Å²) >= 11 is 0. The average Bonchev–Trinajstić information content (AvgIpc) is 2.81. The molecular formula is C29H46O3. The first-order valence-corrected chi connectivity index (χ1v) is 13.3. The molecule has 0 aromatic heterocycles. The molecular weight excluding hydrogens is 396 g/mol. The molecule has 32 heavy (non-hydrogen) atoms. The third-order valence-corrected chi connectivity index (χ3v) is 6.48. The van der Waals surface area contributed by atoms with Gasteiger partial charge in [0, 0.05) is 6.42 Å². The largest absolute Gasteiger partial charge is 0.461 e. The Morgan fingerprint density at radius 1 is 0.906 bits per heavy atom. The van der Waals surface area contributed by atoms with Crippen LogP contribution in [0.2, 0.25) is 0 Å². The van der Waals surface area contributed by atoms with Crippen molar-refractivity contribution in [2.45, 2.75) is 123 Å². The minimum absolute atomic E-state index is 0.00751. The highest BCUT2D eigenvalue weighted by Crippen LogP contribution is 2.31. The highest BCUT2D eigenvalue weighted by atomic mass is 16.6. The van der Waals surface area contributed by atoms with Gasteiger partial charge >= 0.3 is 5.97 Å². The van der Waals surface area contributed by atoms with Gasteiger partial charge in [-0.3, -0.25) is 4.79 Å². The topological polar surface area (TPSA) is 35.5 Å². The van der Waals surface area contributed by atoms with Gasteiger partial charge in [0.15, 0.2) is 0 Å². The van der Waals surface area contributed by atoms with Crippen molar-refractivity contribution >= 4 is 5.97 Å². The summed E-state index contributed by atoms with van der Waals surface area (Å²) in [6, 6.07) is 10.4. The number of esters is 1. The van der Waals surface area contributed by atoms with E-state index in [4.69, 9.17) is 9.47 Å². The third-order valence-electron chi connectivity index (χ3n) is 6.48. The molecule has 1 aliphatic heterocycles. The van der Waals surface area contributed by atoms with E-state index in [-0.39, 0.29) is 24.1 Å². The fourth-order valence-electron chi connectivity index (χ4n) is 4.39. The summed E-state index contributed by atoms with van der Waals surface area (Å²) in [4.78, 5) is 12.0. The number of cyclic esters (lactones) is 1. The molecule has 1 aromatic carbocycles. The number of ether oxygens (including phenoxy) is 2. The van der Waals surface area contributed by atoms with E-state index in [2.05, 4.69) is 50.3 Å². The molecule has 1 saturated heterocycles. The van der Waals surface area contributed by atoms with E-state index in [0.29, 0.717) is 6.61 Å². The first-order valence-electron chi connectivity index (χ1n) is 13.3. The predicted octanol–water partition coefficient (Wildman–Crippen LogP) is 8.17. The second-order valence-corrected chi connectivity index (χ2v) is 9.35. The summed E-state index contributed by atoms with van der Waals surface area (Å²) in [7, 11) is 0. The van der Waals surface area contributed by atoms with Crippen LogP contribution in [-0.4, -0.2) is 18.2 Å². The van der Waals surface area contributed by atoms with Gasteiger partial charge in [-0.15, -0.1) is 0 Å². The molecule has 3 atom stereocenters. The Morgan fingerprint density at radius 3 is 2.25 bits per heavy atom. The minimum atomic E-state index is -0.0407. The van der Waals surface area contributed by atoms with Crippen LogP contribution < -0.4 is 0 Å².